The van der Waals surface area contributed by atoms with Gasteiger partial charge in [0.2, 0.25) is 5.91 Å². The molecule has 8 heteroatoms. The summed E-state index contributed by atoms with van der Waals surface area (Å²) in [7, 11) is 0. The van der Waals surface area contributed by atoms with Gasteiger partial charge in [-0.2, -0.15) is 5.10 Å². The van der Waals surface area contributed by atoms with Crippen molar-refractivity contribution in [2.24, 2.45) is 0 Å². The summed E-state index contributed by atoms with van der Waals surface area (Å²) in [5.41, 5.74) is 2.82. The summed E-state index contributed by atoms with van der Waals surface area (Å²) in [5.74, 6) is 2.32. The molecule has 34 heavy (non-hydrogen) atoms. The first kappa shape index (κ1) is 20.9. The summed E-state index contributed by atoms with van der Waals surface area (Å²) in [6.07, 6.45) is 2.89. The highest BCUT2D eigenvalue weighted by Gasteiger charge is 2.12. The number of H-pyrrole nitrogens is 1. The van der Waals surface area contributed by atoms with Gasteiger partial charge in [-0.05, 0) is 60.7 Å². The number of carbonyl (C=O) groups excluding carboxylic acids is 1. The largest absolute Gasteiger partial charge is 0.457 e. The fourth-order valence-electron chi connectivity index (χ4n) is 3.36. The Balaban J connectivity index is 1.43. The van der Waals surface area contributed by atoms with Crippen molar-refractivity contribution >= 4 is 34.1 Å². The van der Waals surface area contributed by atoms with Gasteiger partial charge in [0.05, 0.1) is 11.6 Å². The second-order valence-corrected chi connectivity index (χ2v) is 7.37. The van der Waals surface area contributed by atoms with Crippen LogP contribution in [0.2, 0.25) is 0 Å². The number of fused-ring (bicyclic) bond motifs is 1. The predicted octanol–water partition coefficient (Wildman–Crippen LogP) is 5.68. The molecule has 0 fully saturated rings. The normalized spacial score (nSPS) is 10.6. The van der Waals surface area contributed by atoms with E-state index in [1.807, 2.05) is 72.8 Å². The van der Waals surface area contributed by atoms with Crippen LogP contribution in [0.1, 0.15) is 0 Å². The van der Waals surface area contributed by atoms with Gasteiger partial charge in [-0.25, -0.2) is 9.97 Å². The van der Waals surface area contributed by atoms with Crippen molar-refractivity contribution in [3.63, 3.8) is 0 Å². The average molecular weight is 448 g/mol. The van der Waals surface area contributed by atoms with E-state index in [1.54, 1.807) is 12.3 Å². The third-order valence-corrected chi connectivity index (χ3v) is 4.98. The second-order valence-electron chi connectivity index (χ2n) is 7.37. The lowest BCUT2D eigenvalue weighted by atomic mass is 10.2. The number of amides is 1. The summed E-state index contributed by atoms with van der Waals surface area (Å²) in [4.78, 5) is 21.0. The molecule has 3 aromatic carbocycles. The first-order valence-electron chi connectivity index (χ1n) is 10.5. The molecule has 2 heterocycles. The zero-order valence-corrected chi connectivity index (χ0v) is 18.0. The highest BCUT2D eigenvalue weighted by Crippen LogP contribution is 2.29. The molecule has 5 rings (SSSR count). The van der Waals surface area contributed by atoms with Crippen LogP contribution in [0.3, 0.4) is 0 Å². The van der Waals surface area contributed by atoms with Crippen LogP contribution in [0.15, 0.2) is 97.7 Å². The van der Waals surface area contributed by atoms with Gasteiger partial charge in [0.1, 0.15) is 17.3 Å². The SMILES string of the molecule is C=CC(=O)Nc1cccc(Nc2nc(-c3ccc(Oc4ccccc4)cc3)nc3[nH]ncc23)c1. The number of ether oxygens (including phenoxy) is 1. The van der Waals surface area contributed by atoms with Crippen LogP contribution >= 0.6 is 0 Å². The summed E-state index contributed by atoms with van der Waals surface area (Å²) < 4.78 is 5.87. The van der Waals surface area contributed by atoms with Gasteiger partial charge in [0.25, 0.3) is 0 Å². The Morgan fingerprint density at radius 2 is 1.68 bits per heavy atom. The van der Waals surface area contributed by atoms with Crippen molar-refractivity contribution in [1.82, 2.24) is 20.2 Å². The third-order valence-electron chi connectivity index (χ3n) is 4.98. The van der Waals surface area contributed by atoms with Gasteiger partial charge in [-0.1, -0.05) is 30.8 Å². The molecular weight excluding hydrogens is 428 g/mol. The average Bonchev–Trinajstić information content (AvgIpc) is 3.34. The molecule has 8 nitrogen and oxygen atoms in total. The van der Waals surface area contributed by atoms with Crippen molar-refractivity contribution < 1.29 is 9.53 Å². The first-order chi connectivity index (χ1) is 16.7. The maximum atomic E-state index is 11.6. The van der Waals surface area contributed by atoms with Crippen LogP contribution in [0.4, 0.5) is 17.2 Å². The molecule has 5 aromatic rings. The van der Waals surface area contributed by atoms with E-state index in [4.69, 9.17) is 9.72 Å². The Morgan fingerprint density at radius 3 is 2.47 bits per heavy atom. The van der Waals surface area contributed by atoms with Gasteiger partial charge >= 0.3 is 0 Å². The van der Waals surface area contributed by atoms with Crippen molar-refractivity contribution in [2.45, 2.75) is 0 Å². The highest BCUT2D eigenvalue weighted by atomic mass is 16.5. The monoisotopic (exact) mass is 448 g/mol. The molecule has 0 atom stereocenters. The minimum Gasteiger partial charge on any atom is -0.457 e. The molecule has 3 N–H and O–H groups in total. The van der Waals surface area contributed by atoms with Crippen LogP contribution in [0.5, 0.6) is 11.5 Å². The fraction of sp³-hybridized carbons (Fsp3) is 0. The van der Waals surface area contributed by atoms with Crippen molar-refractivity contribution in [3.8, 4) is 22.9 Å². The van der Waals surface area contributed by atoms with Crippen molar-refractivity contribution in [3.05, 3.63) is 97.7 Å². The Morgan fingerprint density at radius 1 is 0.912 bits per heavy atom. The van der Waals surface area contributed by atoms with Crippen molar-refractivity contribution in [2.75, 3.05) is 10.6 Å². The number of hydrogen-bond acceptors (Lipinski definition) is 6. The Kier molecular flexibility index (Phi) is 5.69. The lowest BCUT2D eigenvalue weighted by Crippen LogP contribution is -2.07. The lowest BCUT2D eigenvalue weighted by molar-refractivity contribution is -0.111. The minimum absolute atomic E-state index is 0.279. The number of rotatable bonds is 7. The van der Waals surface area contributed by atoms with E-state index in [9.17, 15) is 4.79 Å². The molecular formula is C26H20N6O2. The summed E-state index contributed by atoms with van der Waals surface area (Å²) >= 11 is 0. The number of benzene rings is 3. The van der Waals surface area contributed by atoms with Crippen LogP contribution in [-0.2, 0) is 4.79 Å². The van der Waals surface area contributed by atoms with Crippen LogP contribution in [-0.4, -0.2) is 26.1 Å². The van der Waals surface area contributed by atoms with Crippen LogP contribution < -0.4 is 15.4 Å². The Bertz CT molecular complexity index is 1460. The van der Waals surface area contributed by atoms with E-state index in [-0.39, 0.29) is 5.91 Å². The van der Waals surface area contributed by atoms with Crippen molar-refractivity contribution in [1.29, 1.82) is 0 Å². The summed E-state index contributed by atoms with van der Waals surface area (Å²) in [6.45, 7) is 3.48. The lowest BCUT2D eigenvalue weighted by Gasteiger charge is -2.11. The van der Waals surface area contributed by atoms with Crippen LogP contribution in [0, 0.1) is 0 Å². The summed E-state index contributed by atoms with van der Waals surface area (Å²) in [6, 6.07) is 24.5. The van der Waals surface area contributed by atoms with Gasteiger partial charge in [-0.15, -0.1) is 0 Å². The van der Waals surface area contributed by atoms with Gasteiger partial charge in [0, 0.05) is 16.9 Å². The maximum absolute atomic E-state index is 11.6. The number of para-hydroxylation sites is 1. The molecule has 0 bridgehead atoms. The van der Waals surface area contributed by atoms with E-state index in [2.05, 4.69) is 32.4 Å². The number of nitrogens with zero attached hydrogens (tertiary/aromatic N) is 3. The van der Waals surface area contributed by atoms with E-state index < -0.39 is 0 Å². The van der Waals surface area contributed by atoms with Gasteiger partial charge < -0.3 is 15.4 Å². The Labute approximate surface area is 195 Å². The molecule has 1 amide bonds. The van der Waals surface area contributed by atoms with Gasteiger partial charge in [-0.3, -0.25) is 9.89 Å². The number of aromatic amines is 1. The quantitative estimate of drug-likeness (QED) is 0.277. The zero-order chi connectivity index (χ0) is 23.3. The number of anilines is 3. The molecule has 0 aliphatic carbocycles. The van der Waals surface area contributed by atoms with E-state index in [1.165, 1.54) is 6.08 Å². The molecule has 0 spiro atoms. The molecule has 0 radical (unpaired) electrons. The zero-order valence-electron chi connectivity index (χ0n) is 18.0. The number of hydrogen-bond donors (Lipinski definition) is 3. The Hall–Kier alpha value is -4.98. The number of aromatic nitrogens is 4. The number of carbonyl (C=O) groups is 1. The predicted molar refractivity (Wildman–Crippen MR) is 132 cm³/mol. The molecule has 0 unspecified atom stereocenters. The second kappa shape index (κ2) is 9.25. The summed E-state index contributed by atoms with van der Waals surface area (Å²) in [5, 5.41) is 13.8. The number of nitrogens with one attached hydrogen (secondary N) is 3. The molecule has 0 saturated carbocycles. The molecule has 0 aliphatic heterocycles. The first-order valence-corrected chi connectivity index (χ1v) is 10.5. The molecule has 2 aromatic heterocycles. The standard InChI is InChI=1S/C26H20N6O2/c1-2-23(33)28-18-7-6-8-19(15-18)29-25-22-16-27-32-26(22)31-24(30-25)17-11-13-21(14-12-17)34-20-9-4-3-5-10-20/h2-16H,1H2,(H,28,33)(H2,27,29,30,31,32). The minimum atomic E-state index is -0.279. The molecule has 0 aliphatic rings. The van der Waals surface area contributed by atoms with Gasteiger partial charge in [0.15, 0.2) is 11.5 Å². The fourth-order valence-corrected chi connectivity index (χ4v) is 3.36. The molecule has 166 valence electrons. The highest BCUT2D eigenvalue weighted by molar-refractivity contribution is 5.99. The van der Waals surface area contributed by atoms with E-state index >= 15 is 0 Å². The third kappa shape index (κ3) is 4.61. The smallest absolute Gasteiger partial charge is 0.247 e. The van der Waals surface area contributed by atoms with Crippen LogP contribution in [0.25, 0.3) is 22.4 Å². The molecule has 0 saturated heterocycles. The topological polar surface area (TPSA) is 105 Å². The maximum Gasteiger partial charge on any atom is 0.247 e. The van der Waals surface area contributed by atoms with E-state index in [0.29, 0.717) is 28.7 Å². The van der Waals surface area contributed by atoms with E-state index in [0.717, 1.165) is 22.4 Å².